The van der Waals surface area contributed by atoms with Crippen LogP contribution in [-0.4, -0.2) is 23.2 Å². The molecule has 2 aliphatic rings. The fourth-order valence-electron chi connectivity index (χ4n) is 5.13. The Balaban J connectivity index is 1.70. The Morgan fingerprint density at radius 3 is 2.38 bits per heavy atom. The summed E-state index contributed by atoms with van der Waals surface area (Å²) in [6.45, 7) is 8.61. The number of hydrogen-bond acceptors (Lipinski definition) is 3. The molecule has 1 aliphatic carbocycles. The zero-order valence-electron chi connectivity index (χ0n) is 17.8. The van der Waals surface area contributed by atoms with Crippen molar-refractivity contribution in [2.45, 2.75) is 77.7 Å². The number of nitrogens with one attached hydrogen (secondary N) is 1. The van der Waals surface area contributed by atoms with E-state index in [0.29, 0.717) is 12.8 Å². The second kappa shape index (κ2) is 8.07. The van der Waals surface area contributed by atoms with Gasteiger partial charge < -0.3 is 9.30 Å². The van der Waals surface area contributed by atoms with Gasteiger partial charge in [-0.05, 0) is 55.6 Å². The molecule has 0 aromatic carbocycles. The van der Waals surface area contributed by atoms with E-state index in [1.165, 1.54) is 0 Å². The van der Waals surface area contributed by atoms with Gasteiger partial charge in [0.2, 0.25) is 5.92 Å². The molecule has 1 amide bonds. The quantitative estimate of drug-likeness (QED) is 0.728. The number of carbonyl (C=O) groups excluding carboxylic acids is 1. The molecule has 1 N–H and O–H groups in total. The van der Waals surface area contributed by atoms with Crippen LogP contribution >= 0.6 is 0 Å². The summed E-state index contributed by atoms with van der Waals surface area (Å²) in [6, 6.07) is 3.53. The summed E-state index contributed by atoms with van der Waals surface area (Å²) in [4.78, 5) is 25.4. The van der Waals surface area contributed by atoms with Gasteiger partial charge in [-0.1, -0.05) is 27.7 Å². The van der Waals surface area contributed by atoms with E-state index < -0.39 is 12.0 Å². The highest BCUT2D eigenvalue weighted by molar-refractivity contribution is 5.84. The molecule has 162 valence electrons. The van der Waals surface area contributed by atoms with Gasteiger partial charge in [-0.3, -0.25) is 10.1 Å². The van der Waals surface area contributed by atoms with Crippen molar-refractivity contribution in [3.63, 3.8) is 0 Å². The average Bonchev–Trinajstić information content (AvgIpc) is 3.05. The molecule has 5 nitrogen and oxygen atoms in total. The Bertz CT molecular complexity index is 799. The van der Waals surface area contributed by atoms with Gasteiger partial charge in [-0.2, -0.15) is 0 Å². The maximum Gasteiger partial charge on any atom is 0.411 e. The maximum absolute atomic E-state index is 13.2. The number of pyridine rings is 1. The van der Waals surface area contributed by atoms with Crippen LogP contribution in [0, 0.1) is 17.8 Å². The number of aryl methyl sites for hydroxylation is 1. The van der Waals surface area contributed by atoms with E-state index in [9.17, 15) is 18.4 Å². The topological polar surface area (TPSA) is 60.3 Å². The minimum Gasteiger partial charge on any atom is -0.449 e. The molecule has 3 rings (SSSR count). The highest BCUT2D eigenvalue weighted by atomic mass is 19.3. The number of amides is 1. The number of ether oxygens (including phenoxy) is 1. The van der Waals surface area contributed by atoms with E-state index in [2.05, 4.69) is 33.0 Å². The standard InChI is InChI=1S/C22H32F2N2O3/c1-14(2)22(15(3)4)12-9-17-5-6-18(19(27)26(17)22)25-20(28)29-13-16-7-10-21(23,24)11-8-16/h5-6,14-16H,7-13H2,1-4H3,(H,25,28). The largest absolute Gasteiger partial charge is 0.449 e. The minimum absolute atomic E-state index is 0.0592. The van der Waals surface area contributed by atoms with Crippen molar-refractivity contribution >= 4 is 11.8 Å². The second-order valence-corrected chi connectivity index (χ2v) is 9.20. The lowest BCUT2D eigenvalue weighted by molar-refractivity contribution is -0.0512. The predicted molar refractivity (Wildman–Crippen MR) is 109 cm³/mol. The van der Waals surface area contributed by atoms with Crippen molar-refractivity contribution < 1.29 is 18.3 Å². The maximum atomic E-state index is 13.2. The molecule has 1 aromatic heterocycles. The molecule has 0 atom stereocenters. The first-order chi connectivity index (χ1) is 13.6. The smallest absolute Gasteiger partial charge is 0.411 e. The van der Waals surface area contributed by atoms with Crippen LogP contribution < -0.4 is 10.9 Å². The summed E-state index contributed by atoms with van der Waals surface area (Å²) in [5, 5.41) is 2.57. The van der Waals surface area contributed by atoms with E-state index in [4.69, 9.17) is 4.74 Å². The van der Waals surface area contributed by atoms with Gasteiger partial charge in [0, 0.05) is 18.5 Å². The number of halogens is 2. The summed E-state index contributed by atoms with van der Waals surface area (Å²) in [5.41, 5.74) is 0.694. The van der Waals surface area contributed by atoms with Gasteiger partial charge in [0.25, 0.3) is 5.56 Å². The molecule has 0 radical (unpaired) electrons. The summed E-state index contributed by atoms with van der Waals surface area (Å²) in [6.07, 6.45) is 1.38. The molecule has 1 saturated carbocycles. The molecular formula is C22H32F2N2O3. The molecule has 1 fully saturated rings. The third-order valence-corrected chi connectivity index (χ3v) is 6.88. The van der Waals surface area contributed by atoms with Crippen molar-refractivity contribution in [3.05, 3.63) is 28.2 Å². The van der Waals surface area contributed by atoms with Gasteiger partial charge in [0.05, 0.1) is 12.1 Å². The van der Waals surface area contributed by atoms with Crippen molar-refractivity contribution in [3.8, 4) is 0 Å². The van der Waals surface area contributed by atoms with E-state index in [1.807, 2.05) is 10.6 Å². The van der Waals surface area contributed by atoms with E-state index in [1.54, 1.807) is 6.07 Å². The van der Waals surface area contributed by atoms with Crippen molar-refractivity contribution in [2.75, 3.05) is 11.9 Å². The van der Waals surface area contributed by atoms with Crippen molar-refractivity contribution in [1.82, 2.24) is 4.57 Å². The summed E-state index contributed by atoms with van der Waals surface area (Å²) in [5.74, 6) is -2.12. The Hall–Kier alpha value is -1.92. The summed E-state index contributed by atoms with van der Waals surface area (Å²) in [7, 11) is 0. The monoisotopic (exact) mass is 410 g/mol. The molecular weight excluding hydrogens is 378 g/mol. The Morgan fingerprint density at radius 1 is 1.17 bits per heavy atom. The van der Waals surface area contributed by atoms with Crippen LogP contribution in [-0.2, 0) is 16.7 Å². The fraction of sp³-hybridized carbons (Fsp3) is 0.727. The number of hydrogen-bond donors (Lipinski definition) is 1. The van der Waals surface area contributed by atoms with E-state index >= 15 is 0 Å². The number of aromatic nitrogens is 1. The third-order valence-electron chi connectivity index (χ3n) is 6.88. The lowest BCUT2D eigenvalue weighted by Gasteiger charge is -2.40. The minimum atomic E-state index is -2.60. The summed E-state index contributed by atoms with van der Waals surface area (Å²) >= 11 is 0. The Labute approximate surface area is 170 Å². The van der Waals surface area contributed by atoms with Crippen LogP contribution in [0.3, 0.4) is 0 Å². The van der Waals surface area contributed by atoms with E-state index in [0.717, 1.165) is 18.5 Å². The number of alkyl halides is 2. The van der Waals surface area contributed by atoms with E-state index in [-0.39, 0.29) is 54.0 Å². The fourth-order valence-corrected chi connectivity index (χ4v) is 5.13. The first-order valence-corrected chi connectivity index (χ1v) is 10.6. The Kier molecular flexibility index (Phi) is 6.06. The average molecular weight is 411 g/mol. The van der Waals surface area contributed by atoms with Crippen molar-refractivity contribution in [2.24, 2.45) is 17.8 Å². The molecule has 1 aliphatic heterocycles. The molecule has 29 heavy (non-hydrogen) atoms. The zero-order chi connectivity index (χ0) is 21.4. The molecule has 1 aromatic rings. The van der Waals surface area contributed by atoms with Crippen LogP contribution in [0.1, 0.15) is 65.5 Å². The Morgan fingerprint density at radius 2 is 1.79 bits per heavy atom. The first-order valence-electron chi connectivity index (χ1n) is 10.6. The summed E-state index contributed by atoms with van der Waals surface area (Å²) < 4.78 is 33.6. The van der Waals surface area contributed by atoms with Gasteiger partial charge in [-0.25, -0.2) is 13.6 Å². The predicted octanol–water partition coefficient (Wildman–Crippen LogP) is 5.18. The van der Waals surface area contributed by atoms with Crippen LogP contribution in [0.2, 0.25) is 0 Å². The number of rotatable bonds is 5. The van der Waals surface area contributed by atoms with Gasteiger partial charge in [0.15, 0.2) is 0 Å². The molecule has 0 bridgehead atoms. The van der Waals surface area contributed by atoms with Crippen molar-refractivity contribution in [1.29, 1.82) is 0 Å². The molecule has 0 spiro atoms. The molecule has 0 saturated heterocycles. The SMILES string of the molecule is CC(C)C1(C(C)C)CCc2ccc(NC(=O)OCC3CCC(F)(F)CC3)c(=O)n21. The van der Waals surface area contributed by atoms with Gasteiger partial charge >= 0.3 is 6.09 Å². The van der Waals surface area contributed by atoms with Crippen LogP contribution in [0.5, 0.6) is 0 Å². The molecule has 7 heteroatoms. The zero-order valence-corrected chi connectivity index (χ0v) is 17.8. The lowest BCUT2D eigenvalue weighted by atomic mass is 9.75. The van der Waals surface area contributed by atoms with Gasteiger partial charge in [0.1, 0.15) is 5.69 Å². The number of carbonyl (C=O) groups is 1. The highest BCUT2D eigenvalue weighted by Crippen LogP contribution is 2.43. The third kappa shape index (κ3) is 4.19. The highest BCUT2D eigenvalue weighted by Gasteiger charge is 2.44. The van der Waals surface area contributed by atoms with Crippen LogP contribution in [0.25, 0.3) is 0 Å². The first kappa shape index (κ1) is 21.8. The van der Waals surface area contributed by atoms with Crippen LogP contribution in [0.4, 0.5) is 19.3 Å². The van der Waals surface area contributed by atoms with Gasteiger partial charge in [-0.15, -0.1) is 0 Å². The molecule has 0 unspecified atom stereocenters. The number of anilines is 1. The second-order valence-electron chi connectivity index (χ2n) is 9.20. The van der Waals surface area contributed by atoms with Crippen LogP contribution in [0.15, 0.2) is 16.9 Å². The molecule has 2 heterocycles. The normalized spacial score (nSPS) is 20.7. The lowest BCUT2D eigenvalue weighted by Crippen LogP contribution is -2.47. The number of nitrogens with zero attached hydrogens (tertiary/aromatic N) is 1. The number of fused-ring (bicyclic) bond motifs is 1.